The minimum absolute atomic E-state index is 0.0971. The highest BCUT2D eigenvalue weighted by Gasteiger charge is 2.34. The standard InChI is InChI=1S/C12H25NO3/c1-7-13-12(6,10(14)15)8-9(2)16-11(3,4)5/h9,13H,7-8H2,1-6H3,(H,14,15). The molecule has 0 aromatic heterocycles. The summed E-state index contributed by atoms with van der Waals surface area (Å²) in [6.45, 7) is 12.0. The number of carboxylic acid groups (broad SMARTS) is 1. The Labute approximate surface area is 98.4 Å². The van der Waals surface area contributed by atoms with Crippen LogP contribution in [0.5, 0.6) is 0 Å². The first kappa shape index (κ1) is 15.4. The van der Waals surface area contributed by atoms with Gasteiger partial charge >= 0.3 is 5.97 Å². The van der Waals surface area contributed by atoms with Gasteiger partial charge in [0.05, 0.1) is 11.7 Å². The molecule has 4 heteroatoms. The molecule has 0 aromatic carbocycles. The van der Waals surface area contributed by atoms with E-state index in [1.54, 1.807) is 6.92 Å². The van der Waals surface area contributed by atoms with Crippen LogP contribution in [0.15, 0.2) is 0 Å². The van der Waals surface area contributed by atoms with Crippen molar-refractivity contribution < 1.29 is 14.6 Å². The molecule has 96 valence electrons. The highest BCUT2D eigenvalue weighted by atomic mass is 16.5. The Morgan fingerprint density at radius 3 is 2.19 bits per heavy atom. The first-order valence-corrected chi connectivity index (χ1v) is 5.77. The van der Waals surface area contributed by atoms with Gasteiger partial charge in [-0.25, -0.2) is 0 Å². The first-order chi connectivity index (χ1) is 7.10. The molecular formula is C12H25NO3. The lowest BCUT2D eigenvalue weighted by atomic mass is 9.94. The number of hydrogen-bond acceptors (Lipinski definition) is 3. The maximum Gasteiger partial charge on any atom is 0.323 e. The van der Waals surface area contributed by atoms with Crippen molar-refractivity contribution in [3.8, 4) is 0 Å². The van der Waals surface area contributed by atoms with Crippen molar-refractivity contribution >= 4 is 5.97 Å². The monoisotopic (exact) mass is 231 g/mol. The van der Waals surface area contributed by atoms with Crippen LogP contribution < -0.4 is 5.32 Å². The lowest BCUT2D eigenvalue weighted by molar-refractivity contribution is -0.147. The summed E-state index contributed by atoms with van der Waals surface area (Å²) >= 11 is 0. The summed E-state index contributed by atoms with van der Waals surface area (Å²) in [6.07, 6.45) is 0.355. The molecule has 0 spiro atoms. The molecule has 4 nitrogen and oxygen atoms in total. The van der Waals surface area contributed by atoms with Crippen LogP contribution in [0, 0.1) is 0 Å². The van der Waals surface area contributed by atoms with Gasteiger partial charge in [-0.05, 0) is 41.2 Å². The molecule has 2 unspecified atom stereocenters. The topological polar surface area (TPSA) is 58.6 Å². The molecule has 2 N–H and O–H groups in total. The van der Waals surface area contributed by atoms with E-state index in [0.29, 0.717) is 13.0 Å². The average molecular weight is 231 g/mol. The molecule has 0 heterocycles. The van der Waals surface area contributed by atoms with Crippen LogP contribution in [0.2, 0.25) is 0 Å². The van der Waals surface area contributed by atoms with E-state index in [1.165, 1.54) is 0 Å². The Bertz CT molecular complexity index is 235. The lowest BCUT2D eigenvalue weighted by Crippen LogP contribution is -2.52. The normalized spacial score (nSPS) is 17.9. The van der Waals surface area contributed by atoms with Crippen LogP contribution in [-0.2, 0) is 9.53 Å². The Morgan fingerprint density at radius 2 is 1.88 bits per heavy atom. The zero-order valence-corrected chi connectivity index (χ0v) is 11.3. The number of carboxylic acids is 1. The Balaban J connectivity index is 4.47. The van der Waals surface area contributed by atoms with Crippen LogP contribution in [0.25, 0.3) is 0 Å². The number of aliphatic carboxylic acids is 1. The van der Waals surface area contributed by atoms with Crippen LogP contribution in [-0.4, -0.2) is 34.9 Å². The minimum Gasteiger partial charge on any atom is -0.480 e. The molecule has 0 aromatic rings. The van der Waals surface area contributed by atoms with Gasteiger partial charge in [0.25, 0.3) is 0 Å². The maximum absolute atomic E-state index is 11.2. The van der Waals surface area contributed by atoms with Crippen LogP contribution in [0.3, 0.4) is 0 Å². The summed E-state index contributed by atoms with van der Waals surface area (Å²) in [5, 5.41) is 12.2. The third-order valence-corrected chi connectivity index (χ3v) is 2.29. The van der Waals surface area contributed by atoms with E-state index in [2.05, 4.69) is 5.32 Å². The summed E-state index contributed by atoms with van der Waals surface area (Å²) in [7, 11) is 0. The third kappa shape index (κ3) is 5.47. The van der Waals surface area contributed by atoms with Gasteiger partial charge in [-0.1, -0.05) is 6.92 Å². The van der Waals surface area contributed by atoms with Crippen molar-refractivity contribution in [1.82, 2.24) is 5.32 Å². The van der Waals surface area contributed by atoms with E-state index in [9.17, 15) is 9.90 Å². The van der Waals surface area contributed by atoms with E-state index in [1.807, 2.05) is 34.6 Å². The van der Waals surface area contributed by atoms with E-state index >= 15 is 0 Å². The zero-order chi connectivity index (χ0) is 13.0. The van der Waals surface area contributed by atoms with Gasteiger partial charge in [0.1, 0.15) is 5.54 Å². The van der Waals surface area contributed by atoms with Crippen molar-refractivity contribution in [2.75, 3.05) is 6.54 Å². The fraction of sp³-hybridized carbons (Fsp3) is 0.917. The van der Waals surface area contributed by atoms with E-state index < -0.39 is 11.5 Å². The van der Waals surface area contributed by atoms with Crippen molar-refractivity contribution in [1.29, 1.82) is 0 Å². The minimum atomic E-state index is -0.917. The molecule has 0 amide bonds. The van der Waals surface area contributed by atoms with Gasteiger partial charge in [0.2, 0.25) is 0 Å². The van der Waals surface area contributed by atoms with E-state index in [4.69, 9.17) is 4.74 Å². The van der Waals surface area contributed by atoms with Crippen LogP contribution in [0.1, 0.15) is 48.0 Å². The van der Waals surface area contributed by atoms with Gasteiger partial charge in [-0.15, -0.1) is 0 Å². The van der Waals surface area contributed by atoms with Gasteiger partial charge in [-0.3, -0.25) is 4.79 Å². The highest BCUT2D eigenvalue weighted by molar-refractivity contribution is 5.78. The molecule has 0 aliphatic rings. The van der Waals surface area contributed by atoms with Crippen LogP contribution in [0.4, 0.5) is 0 Å². The quantitative estimate of drug-likeness (QED) is 0.734. The molecule has 0 aliphatic carbocycles. The summed E-state index contributed by atoms with van der Waals surface area (Å²) in [4.78, 5) is 11.2. The molecule has 0 fully saturated rings. The Morgan fingerprint density at radius 1 is 1.38 bits per heavy atom. The van der Waals surface area contributed by atoms with E-state index in [0.717, 1.165) is 0 Å². The molecule has 0 radical (unpaired) electrons. The largest absolute Gasteiger partial charge is 0.480 e. The van der Waals surface area contributed by atoms with Gasteiger partial charge in [0, 0.05) is 6.42 Å². The second-order valence-corrected chi connectivity index (χ2v) is 5.41. The van der Waals surface area contributed by atoms with Gasteiger partial charge < -0.3 is 15.2 Å². The molecular weight excluding hydrogens is 206 g/mol. The van der Waals surface area contributed by atoms with Crippen molar-refractivity contribution in [2.24, 2.45) is 0 Å². The number of likely N-dealkylation sites (N-methyl/N-ethyl adjacent to an activating group) is 1. The number of ether oxygens (including phenoxy) is 1. The maximum atomic E-state index is 11.2. The average Bonchev–Trinajstić information content (AvgIpc) is 1.99. The fourth-order valence-electron chi connectivity index (χ4n) is 1.85. The highest BCUT2D eigenvalue weighted by Crippen LogP contribution is 2.19. The predicted molar refractivity (Wildman–Crippen MR) is 64.6 cm³/mol. The third-order valence-electron chi connectivity index (χ3n) is 2.29. The summed E-state index contributed by atoms with van der Waals surface area (Å²) < 4.78 is 5.73. The molecule has 0 saturated heterocycles. The van der Waals surface area contributed by atoms with E-state index in [-0.39, 0.29) is 11.7 Å². The first-order valence-electron chi connectivity index (χ1n) is 5.77. The molecule has 0 saturated carbocycles. The molecule has 0 bridgehead atoms. The smallest absolute Gasteiger partial charge is 0.323 e. The molecule has 16 heavy (non-hydrogen) atoms. The molecule has 2 atom stereocenters. The SMILES string of the molecule is CCNC(C)(CC(C)OC(C)(C)C)C(=O)O. The van der Waals surface area contributed by atoms with Crippen molar-refractivity contribution in [3.05, 3.63) is 0 Å². The predicted octanol–water partition coefficient (Wildman–Crippen LogP) is 2.03. The zero-order valence-electron chi connectivity index (χ0n) is 11.3. The number of hydrogen-bond donors (Lipinski definition) is 2. The summed E-state index contributed by atoms with van der Waals surface area (Å²) in [5.41, 5.74) is -1.16. The molecule has 0 rings (SSSR count). The Hall–Kier alpha value is -0.610. The van der Waals surface area contributed by atoms with Crippen molar-refractivity contribution in [2.45, 2.75) is 65.2 Å². The second kappa shape index (κ2) is 5.64. The Kier molecular flexibility index (Phi) is 5.42. The summed E-state index contributed by atoms with van der Waals surface area (Å²) in [5.74, 6) is -0.835. The van der Waals surface area contributed by atoms with Crippen LogP contribution >= 0.6 is 0 Å². The lowest BCUT2D eigenvalue weighted by Gasteiger charge is -2.32. The number of nitrogens with one attached hydrogen (secondary N) is 1. The number of rotatable bonds is 6. The van der Waals surface area contributed by atoms with Gasteiger partial charge in [-0.2, -0.15) is 0 Å². The fourth-order valence-corrected chi connectivity index (χ4v) is 1.85. The van der Waals surface area contributed by atoms with Crippen molar-refractivity contribution in [3.63, 3.8) is 0 Å². The number of carbonyl (C=O) groups is 1. The van der Waals surface area contributed by atoms with Gasteiger partial charge in [0.15, 0.2) is 0 Å². The molecule has 0 aliphatic heterocycles. The second-order valence-electron chi connectivity index (χ2n) is 5.41. The summed E-state index contributed by atoms with van der Waals surface area (Å²) in [6, 6.07) is 0.